The number of hydrazine groups is 1. The van der Waals surface area contributed by atoms with E-state index in [0.29, 0.717) is 5.92 Å². The molecule has 0 saturated carbocycles. The number of hydroxylamine groups is 1. The Bertz CT molecular complexity index is 946. The molecule has 10 heteroatoms. The van der Waals surface area contributed by atoms with Crippen LogP contribution in [-0.4, -0.2) is 34.3 Å². The van der Waals surface area contributed by atoms with Gasteiger partial charge in [0.2, 0.25) is 0 Å². The van der Waals surface area contributed by atoms with Crippen LogP contribution in [-0.2, 0) is 17.6 Å². The van der Waals surface area contributed by atoms with Crippen molar-refractivity contribution < 1.29 is 19.9 Å². The number of amides is 2. The van der Waals surface area contributed by atoms with E-state index in [9.17, 15) is 14.7 Å². The lowest BCUT2D eigenvalue weighted by molar-refractivity contribution is -0.133. The smallest absolute Gasteiger partial charge is 0.269 e. The maximum Gasteiger partial charge on any atom is 0.269 e. The lowest BCUT2D eigenvalue weighted by Gasteiger charge is -2.22. The third-order valence-electron chi connectivity index (χ3n) is 5.29. The number of hydrogen-bond acceptors (Lipinski definition) is 8. The van der Waals surface area contributed by atoms with Crippen molar-refractivity contribution in [2.24, 2.45) is 17.5 Å². The quantitative estimate of drug-likeness (QED) is 0.103. The Kier molecular flexibility index (Phi) is 9.67. The summed E-state index contributed by atoms with van der Waals surface area (Å²) in [6.45, 7) is 2.19. The van der Waals surface area contributed by atoms with Crippen LogP contribution in [0.2, 0.25) is 0 Å². The Balaban J connectivity index is 1.95. The lowest BCUT2D eigenvalue weighted by Crippen LogP contribution is -2.54. The number of hydrogen-bond donors (Lipinski definition) is 8. The van der Waals surface area contributed by atoms with Gasteiger partial charge in [0.1, 0.15) is 12.1 Å². The first-order chi connectivity index (χ1) is 15.7. The molecule has 0 aromatic heterocycles. The molecule has 0 aliphatic rings. The second-order valence-corrected chi connectivity index (χ2v) is 7.97. The number of carbonyl (C=O) groups excluding carboxylic acids is 2. The predicted octanol–water partition coefficient (Wildman–Crippen LogP) is 0.308. The maximum atomic E-state index is 12.6. The normalized spacial score (nSPS) is 14.1. The molecule has 2 rings (SSSR count). The van der Waals surface area contributed by atoms with Gasteiger partial charge >= 0.3 is 0 Å². The molecule has 2 aromatic carbocycles. The van der Waals surface area contributed by atoms with E-state index in [4.69, 9.17) is 22.5 Å². The highest BCUT2D eigenvalue weighted by Gasteiger charge is 2.30. The van der Waals surface area contributed by atoms with Gasteiger partial charge in [-0.3, -0.25) is 20.6 Å². The molecule has 2 amide bonds. The molecule has 0 aliphatic carbocycles. The topological polar surface area (TPSA) is 189 Å². The van der Waals surface area contributed by atoms with Gasteiger partial charge in [0.15, 0.2) is 0 Å². The van der Waals surface area contributed by atoms with Crippen molar-refractivity contribution in [2.45, 2.75) is 38.3 Å². The Morgan fingerprint density at radius 3 is 2.24 bits per heavy atom. The van der Waals surface area contributed by atoms with Crippen LogP contribution in [0.15, 0.2) is 60.4 Å². The van der Waals surface area contributed by atoms with E-state index in [1.54, 1.807) is 12.1 Å². The zero-order valence-corrected chi connectivity index (χ0v) is 18.5. The second kappa shape index (κ2) is 12.4. The number of aliphatic hydroxyl groups excluding tert-OH is 1. The minimum Gasteiger partial charge on any atom is -0.399 e. The van der Waals surface area contributed by atoms with Crippen LogP contribution < -0.4 is 33.5 Å². The van der Waals surface area contributed by atoms with Gasteiger partial charge < -0.3 is 27.3 Å². The molecule has 11 N–H and O–H groups in total. The second-order valence-electron chi connectivity index (χ2n) is 7.97. The highest BCUT2D eigenvalue weighted by molar-refractivity contribution is 5.97. The summed E-state index contributed by atoms with van der Waals surface area (Å²) in [6, 6.07) is 13.3. The van der Waals surface area contributed by atoms with Gasteiger partial charge in [0.05, 0.1) is 5.70 Å². The van der Waals surface area contributed by atoms with Crippen molar-refractivity contribution in [1.82, 2.24) is 16.2 Å². The molecule has 0 heterocycles. The molecular formula is C23H32N6O4. The van der Waals surface area contributed by atoms with Crippen LogP contribution in [0.5, 0.6) is 0 Å². The highest BCUT2D eigenvalue weighted by Crippen LogP contribution is 2.17. The van der Waals surface area contributed by atoms with Crippen LogP contribution in [0.4, 0.5) is 5.69 Å². The Morgan fingerprint density at radius 2 is 1.67 bits per heavy atom. The Labute approximate surface area is 192 Å². The first-order valence-electron chi connectivity index (χ1n) is 10.5. The number of aliphatic hydroxyl groups is 1. The minimum absolute atomic E-state index is 0.199. The fraction of sp³-hybridized carbons (Fsp3) is 0.304. The number of benzene rings is 2. The molecule has 0 bridgehead atoms. The standard InChI is InChI=1S/C23H32N6O4/c1-14(12-16-6-10-18(24)11-7-16)2-3-15-4-8-17(9-5-15)22(31)28-20(23(32)29-33)21(30)19(25)13-27-26/h4-11,13-14,20-21,27,30,33H,2-3,12,24-26H2,1H3,(H,28,31)(H,29,32)/b19-13-. The number of aryl methyl sites for hydroxylation is 1. The summed E-state index contributed by atoms with van der Waals surface area (Å²) in [5.41, 5.74) is 18.0. The van der Waals surface area contributed by atoms with Gasteiger partial charge in [-0.25, -0.2) is 5.48 Å². The van der Waals surface area contributed by atoms with Gasteiger partial charge in [-0.1, -0.05) is 31.2 Å². The largest absolute Gasteiger partial charge is 0.399 e. The van der Waals surface area contributed by atoms with E-state index in [0.717, 1.165) is 36.7 Å². The van der Waals surface area contributed by atoms with E-state index in [-0.39, 0.29) is 11.3 Å². The number of rotatable bonds is 11. The Hall–Kier alpha value is -3.60. The van der Waals surface area contributed by atoms with Crippen molar-refractivity contribution in [3.63, 3.8) is 0 Å². The summed E-state index contributed by atoms with van der Waals surface area (Å²) in [7, 11) is 0. The fourth-order valence-corrected chi connectivity index (χ4v) is 3.35. The van der Waals surface area contributed by atoms with Gasteiger partial charge in [-0.05, 0) is 60.6 Å². The number of anilines is 1. The lowest BCUT2D eigenvalue weighted by atomic mass is 9.94. The molecule has 2 aromatic rings. The summed E-state index contributed by atoms with van der Waals surface area (Å²) >= 11 is 0. The molecule has 0 spiro atoms. The van der Waals surface area contributed by atoms with E-state index in [2.05, 4.69) is 17.7 Å². The van der Waals surface area contributed by atoms with E-state index in [1.807, 2.05) is 36.4 Å². The molecule has 178 valence electrons. The SMILES string of the molecule is CC(CCc1ccc(C(=O)NC(C(=O)NO)C(O)/C(N)=C/NN)cc1)Cc1ccc(N)cc1. The molecule has 3 unspecified atom stereocenters. The number of nitrogens with two attached hydrogens (primary N) is 3. The maximum absolute atomic E-state index is 12.6. The van der Waals surface area contributed by atoms with Crippen molar-refractivity contribution >= 4 is 17.5 Å². The van der Waals surface area contributed by atoms with Gasteiger partial charge in [0.25, 0.3) is 11.8 Å². The fourth-order valence-electron chi connectivity index (χ4n) is 3.35. The summed E-state index contributed by atoms with van der Waals surface area (Å²) in [5, 5.41) is 21.5. The van der Waals surface area contributed by atoms with Gasteiger partial charge in [-0.15, -0.1) is 0 Å². The molecule has 10 nitrogen and oxygen atoms in total. The number of nitrogens with one attached hydrogen (secondary N) is 3. The van der Waals surface area contributed by atoms with Crippen molar-refractivity contribution in [2.75, 3.05) is 5.73 Å². The van der Waals surface area contributed by atoms with E-state index >= 15 is 0 Å². The molecule has 0 fully saturated rings. The zero-order valence-electron chi connectivity index (χ0n) is 18.5. The van der Waals surface area contributed by atoms with Crippen LogP contribution >= 0.6 is 0 Å². The first-order valence-corrected chi connectivity index (χ1v) is 10.5. The predicted molar refractivity (Wildman–Crippen MR) is 125 cm³/mol. The first kappa shape index (κ1) is 25.7. The van der Waals surface area contributed by atoms with Crippen molar-refractivity contribution in [3.05, 3.63) is 77.1 Å². The third-order valence-corrected chi connectivity index (χ3v) is 5.29. The van der Waals surface area contributed by atoms with Gasteiger partial charge in [0, 0.05) is 17.5 Å². The average Bonchev–Trinajstić information content (AvgIpc) is 2.82. The molecule has 0 aliphatic heterocycles. The third kappa shape index (κ3) is 7.79. The summed E-state index contributed by atoms with van der Waals surface area (Å²) in [6.07, 6.45) is 2.23. The van der Waals surface area contributed by atoms with Crippen molar-refractivity contribution in [1.29, 1.82) is 0 Å². The van der Waals surface area contributed by atoms with Crippen molar-refractivity contribution in [3.8, 4) is 0 Å². The average molecular weight is 457 g/mol. The molecular weight excluding hydrogens is 424 g/mol. The number of nitrogen functional groups attached to an aromatic ring is 1. The van der Waals surface area contributed by atoms with E-state index in [1.165, 1.54) is 11.0 Å². The molecule has 0 saturated heterocycles. The summed E-state index contributed by atoms with van der Waals surface area (Å²) in [4.78, 5) is 24.5. The minimum atomic E-state index is -1.61. The molecule has 3 atom stereocenters. The van der Waals surface area contributed by atoms with Crippen LogP contribution in [0, 0.1) is 5.92 Å². The number of carbonyl (C=O) groups is 2. The zero-order chi connectivity index (χ0) is 24.4. The molecule has 33 heavy (non-hydrogen) atoms. The summed E-state index contributed by atoms with van der Waals surface area (Å²) in [5.74, 6) is 3.94. The van der Waals surface area contributed by atoms with Crippen LogP contribution in [0.3, 0.4) is 0 Å². The Morgan fingerprint density at radius 1 is 1.06 bits per heavy atom. The monoisotopic (exact) mass is 456 g/mol. The highest BCUT2D eigenvalue weighted by atomic mass is 16.5. The molecule has 0 radical (unpaired) electrons. The van der Waals surface area contributed by atoms with Crippen LogP contribution in [0.1, 0.15) is 34.8 Å². The van der Waals surface area contributed by atoms with Gasteiger partial charge in [-0.2, -0.15) is 0 Å². The summed E-state index contributed by atoms with van der Waals surface area (Å²) < 4.78 is 0. The van der Waals surface area contributed by atoms with Crippen LogP contribution in [0.25, 0.3) is 0 Å². The van der Waals surface area contributed by atoms with E-state index < -0.39 is 24.0 Å².